The molecule has 0 amide bonds. The van der Waals surface area contributed by atoms with Gasteiger partial charge in [0.2, 0.25) is 0 Å². The van der Waals surface area contributed by atoms with Crippen LogP contribution in [0.4, 0.5) is 13.2 Å². The summed E-state index contributed by atoms with van der Waals surface area (Å²) in [6, 6.07) is 7.66. The van der Waals surface area contributed by atoms with Crippen LogP contribution in [-0.2, 0) is 0 Å². The Hall–Kier alpha value is -2.30. The number of benzene rings is 2. The Labute approximate surface area is 120 Å². The highest BCUT2D eigenvalue weighted by Gasteiger charge is 2.19. The van der Waals surface area contributed by atoms with Crippen molar-refractivity contribution < 1.29 is 22.7 Å². The molecule has 0 heterocycles. The summed E-state index contributed by atoms with van der Waals surface area (Å²) in [6.07, 6.45) is -0.0183. The average Bonchev–Trinajstić information content (AvgIpc) is 2.44. The first-order valence-electron chi connectivity index (χ1n) is 6.35. The van der Waals surface area contributed by atoms with E-state index in [0.717, 1.165) is 12.1 Å². The van der Waals surface area contributed by atoms with E-state index in [2.05, 4.69) is 0 Å². The van der Waals surface area contributed by atoms with Crippen molar-refractivity contribution >= 4 is 5.78 Å². The maximum atomic E-state index is 13.6. The Balaban J connectivity index is 2.30. The predicted octanol–water partition coefficient (Wildman–Crippen LogP) is 4.12. The fourth-order valence-electron chi connectivity index (χ4n) is 1.81. The van der Waals surface area contributed by atoms with Gasteiger partial charge in [0.05, 0.1) is 11.7 Å². The van der Waals surface area contributed by atoms with E-state index in [4.69, 9.17) is 4.74 Å². The second-order valence-corrected chi connectivity index (χ2v) is 4.74. The molecule has 110 valence electrons. The number of halogens is 3. The Morgan fingerprint density at radius 1 is 0.952 bits per heavy atom. The third kappa shape index (κ3) is 3.24. The molecule has 0 bridgehead atoms. The first-order valence-corrected chi connectivity index (χ1v) is 6.35. The average molecular weight is 294 g/mol. The van der Waals surface area contributed by atoms with Crippen molar-refractivity contribution in [1.82, 2.24) is 0 Å². The van der Waals surface area contributed by atoms with Gasteiger partial charge in [-0.15, -0.1) is 0 Å². The maximum absolute atomic E-state index is 13.6. The van der Waals surface area contributed by atoms with Crippen molar-refractivity contribution in [2.24, 2.45) is 0 Å². The van der Waals surface area contributed by atoms with E-state index in [1.54, 1.807) is 12.1 Å². The van der Waals surface area contributed by atoms with Gasteiger partial charge in [0.15, 0.2) is 23.2 Å². The molecule has 0 aliphatic heterocycles. The summed E-state index contributed by atoms with van der Waals surface area (Å²) in [6.45, 7) is 3.71. The number of ether oxygens (including phenoxy) is 1. The summed E-state index contributed by atoms with van der Waals surface area (Å²) in [7, 11) is 0. The summed E-state index contributed by atoms with van der Waals surface area (Å²) in [5.41, 5.74) is -0.345. The van der Waals surface area contributed by atoms with Crippen LogP contribution in [0.15, 0.2) is 36.4 Å². The highest BCUT2D eigenvalue weighted by Crippen LogP contribution is 2.20. The molecule has 0 saturated carbocycles. The van der Waals surface area contributed by atoms with Crippen LogP contribution in [0.2, 0.25) is 0 Å². The van der Waals surface area contributed by atoms with Gasteiger partial charge in [-0.1, -0.05) is 0 Å². The molecular weight excluding hydrogens is 281 g/mol. The van der Waals surface area contributed by atoms with Gasteiger partial charge in [-0.3, -0.25) is 4.79 Å². The van der Waals surface area contributed by atoms with Crippen molar-refractivity contribution in [2.75, 3.05) is 0 Å². The van der Waals surface area contributed by atoms with Crippen LogP contribution >= 0.6 is 0 Å². The number of hydrogen-bond donors (Lipinski definition) is 0. The SMILES string of the molecule is CC(C)Oc1ccc(C(=O)c2ccc(F)c(F)c2F)cc1. The third-order valence-electron chi connectivity index (χ3n) is 2.77. The molecule has 21 heavy (non-hydrogen) atoms. The van der Waals surface area contributed by atoms with Gasteiger partial charge in [-0.05, 0) is 50.2 Å². The third-order valence-corrected chi connectivity index (χ3v) is 2.77. The molecule has 0 aliphatic carbocycles. The normalized spacial score (nSPS) is 10.8. The number of hydrogen-bond acceptors (Lipinski definition) is 2. The monoisotopic (exact) mass is 294 g/mol. The molecule has 0 atom stereocenters. The molecule has 0 aliphatic rings. The number of carbonyl (C=O) groups is 1. The topological polar surface area (TPSA) is 26.3 Å². The van der Waals surface area contributed by atoms with Crippen LogP contribution in [-0.4, -0.2) is 11.9 Å². The Kier molecular flexibility index (Phi) is 4.31. The van der Waals surface area contributed by atoms with Gasteiger partial charge in [0, 0.05) is 5.56 Å². The van der Waals surface area contributed by atoms with E-state index >= 15 is 0 Å². The van der Waals surface area contributed by atoms with Gasteiger partial charge >= 0.3 is 0 Å². The lowest BCUT2D eigenvalue weighted by atomic mass is 10.0. The molecule has 2 nitrogen and oxygen atoms in total. The molecule has 0 fully saturated rings. The summed E-state index contributed by atoms with van der Waals surface area (Å²) in [5.74, 6) is -4.62. The van der Waals surface area contributed by atoms with Crippen molar-refractivity contribution in [3.8, 4) is 5.75 Å². The van der Waals surface area contributed by atoms with Crippen LogP contribution in [0.3, 0.4) is 0 Å². The minimum Gasteiger partial charge on any atom is -0.491 e. The lowest BCUT2D eigenvalue weighted by molar-refractivity contribution is 0.103. The van der Waals surface area contributed by atoms with Crippen LogP contribution in [0.25, 0.3) is 0 Å². The predicted molar refractivity (Wildman–Crippen MR) is 72.0 cm³/mol. The Morgan fingerprint density at radius 2 is 1.57 bits per heavy atom. The van der Waals surface area contributed by atoms with Crippen molar-refractivity contribution in [3.05, 3.63) is 65.0 Å². The summed E-state index contributed by atoms with van der Waals surface area (Å²) >= 11 is 0. The van der Waals surface area contributed by atoms with E-state index in [1.165, 1.54) is 12.1 Å². The van der Waals surface area contributed by atoms with Crippen molar-refractivity contribution in [2.45, 2.75) is 20.0 Å². The molecule has 0 radical (unpaired) electrons. The first kappa shape index (κ1) is 15.1. The Bertz CT molecular complexity index is 664. The van der Waals surface area contributed by atoms with Crippen LogP contribution < -0.4 is 4.74 Å². The molecule has 0 unspecified atom stereocenters. The van der Waals surface area contributed by atoms with Crippen molar-refractivity contribution in [1.29, 1.82) is 0 Å². The van der Waals surface area contributed by atoms with E-state index in [-0.39, 0.29) is 11.7 Å². The lowest BCUT2D eigenvalue weighted by Crippen LogP contribution is -2.08. The summed E-state index contributed by atoms with van der Waals surface area (Å²) in [4.78, 5) is 12.1. The second-order valence-electron chi connectivity index (χ2n) is 4.74. The highest BCUT2D eigenvalue weighted by molar-refractivity contribution is 6.09. The number of ketones is 1. The van der Waals surface area contributed by atoms with Crippen LogP contribution in [0.1, 0.15) is 29.8 Å². The Morgan fingerprint density at radius 3 is 2.14 bits per heavy atom. The summed E-state index contributed by atoms with van der Waals surface area (Å²) in [5, 5.41) is 0. The van der Waals surface area contributed by atoms with E-state index in [9.17, 15) is 18.0 Å². The molecular formula is C16H13F3O2. The zero-order valence-electron chi connectivity index (χ0n) is 11.5. The van der Waals surface area contributed by atoms with Gasteiger partial charge in [0.25, 0.3) is 0 Å². The second kappa shape index (κ2) is 5.99. The van der Waals surface area contributed by atoms with E-state index in [1.807, 2.05) is 13.8 Å². The molecule has 0 N–H and O–H groups in total. The minimum absolute atomic E-state index is 0.0183. The van der Waals surface area contributed by atoms with Crippen LogP contribution in [0, 0.1) is 17.5 Å². The molecule has 0 spiro atoms. The maximum Gasteiger partial charge on any atom is 0.196 e. The fraction of sp³-hybridized carbons (Fsp3) is 0.188. The molecule has 0 aromatic heterocycles. The molecule has 2 aromatic rings. The van der Waals surface area contributed by atoms with Crippen molar-refractivity contribution in [3.63, 3.8) is 0 Å². The van der Waals surface area contributed by atoms with E-state index in [0.29, 0.717) is 5.75 Å². The standard InChI is InChI=1S/C16H13F3O2/c1-9(2)21-11-5-3-10(4-6-11)16(20)12-7-8-13(17)15(19)14(12)18/h3-9H,1-2H3. The highest BCUT2D eigenvalue weighted by atomic mass is 19.2. The lowest BCUT2D eigenvalue weighted by Gasteiger charge is -2.10. The van der Waals surface area contributed by atoms with Gasteiger partial charge in [-0.2, -0.15) is 0 Å². The first-order chi connectivity index (χ1) is 9.90. The van der Waals surface area contributed by atoms with Gasteiger partial charge < -0.3 is 4.74 Å². The van der Waals surface area contributed by atoms with Gasteiger partial charge in [0.1, 0.15) is 5.75 Å². The van der Waals surface area contributed by atoms with Gasteiger partial charge in [-0.25, -0.2) is 13.2 Å². The zero-order valence-corrected chi connectivity index (χ0v) is 11.5. The molecule has 5 heteroatoms. The fourth-order valence-corrected chi connectivity index (χ4v) is 1.81. The minimum atomic E-state index is -1.65. The van der Waals surface area contributed by atoms with E-state index < -0.39 is 28.8 Å². The smallest absolute Gasteiger partial charge is 0.196 e. The quantitative estimate of drug-likeness (QED) is 0.626. The van der Waals surface area contributed by atoms with Crippen LogP contribution in [0.5, 0.6) is 5.75 Å². The largest absolute Gasteiger partial charge is 0.491 e. The molecule has 2 aromatic carbocycles. The zero-order chi connectivity index (χ0) is 15.6. The number of carbonyl (C=O) groups excluding carboxylic acids is 1. The summed E-state index contributed by atoms with van der Waals surface area (Å²) < 4.78 is 45.0. The number of rotatable bonds is 4. The molecule has 2 rings (SSSR count). The molecule has 0 saturated heterocycles.